The highest BCUT2D eigenvalue weighted by molar-refractivity contribution is 9.10. The minimum atomic E-state index is -0.347. The van der Waals surface area contributed by atoms with Gasteiger partial charge in [-0.1, -0.05) is 0 Å². The van der Waals surface area contributed by atoms with Crippen LogP contribution in [0.5, 0.6) is 0 Å². The number of anilines is 2. The molecule has 0 radical (unpaired) electrons. The summed E-state index contributed by atoms with van der Waals surface area (Å²) in [7, 11) is 0. The van der Waals surface area contributed by atoms with Gasteiger partial charge in [-0.05, 0) is 41.1 Å². The van der Waals surface area contributed by atoms with Crippen LogP contribution in [-0.4, -0.2) is 19.0 Å². The molecule has 0 aromatic heterocycles. The van der Waals surface area contributed by atoms with Gasteiger partial charge >= 0.3 is 0 Å². The van der Waals surface area contributed by atoms with Gasteiger partial charge < -0.3 is 16.4 Å². The van der Waals surface area contributed by atoms with Crippen LogP contribution in [0.15, 0.2) is 22.7 Å². The van der Waals surface area contributed by atoms with Crippen molar-refractivity contribution in [3.05, 3.63) is 22.7 Å². The van der Waals surface area contributed by atoms with Gasteiger partial charge in [0.1, 0.15) is 0 Å². The molecule has 15 heavy (non-hydrogen) atoms. The zero-order chi connectivity index (χ0) is 11.4. The van der Waals surface area contributed by atoms with Gasteiger partial charge in [-0.25, -0.2) is 0 Å². The second-order valence-corrected chi connectivity index (χ2v) is 4.05. The number of likely N-dealkylation sites (N-methyl/N-ethyl adjacent to an activating group) is 1. The zero-order valence-corrected chi connectivity index (χ0v) is 10.1. The lowest BCUT2D eigenvalue weighted by molar-refractivity contribution is -0.116. The van der Waals surface area contributed by atoms with Gasteiger partial charge in [0.15, 0.2) is 0 Å². The van der Waals surface area contributed by atoms with E-state index in [9.17, 15) is 4.79 Å². The lowest BCUT2D eigenvalue weighted by atomic mass is 10.2. The molecule has 0 aliphatic rings. The third-order valence-corrected chi connectivity index (χ3v) is 2.68. The van der Waals surface area contributed by atoms with Gasteiger partial charge in [0.25, 0.3) is 0 Å². The van der Waals surface area contributed by atoms with Crippen LogP contribution in [-0.2, 0) is 4.79 Å². The molecule has 1 aromatic rings. The molecule has 0 unspecified atom stereocenters. The summed E-state index contributed by atoms with van der Waals surface area (Å²) < 4.78 is 0.866. The second-order valence-electron chi connectivity index (χ2n) is 3.19. The Morgan fingerprint density at radius 3 is 2.67 bits per heavy atom. The first-order valence-electron chi connectivity index (χ1n) is 4.63. The predicted molar refractivity (Wildman–Crippen MR) is 65.6 cm³/mol. The van der Waals surface area contributed by atoms with Crippen molar-refractivity contribution in [2.24, 2.45) is 5.73 Å². The van der Waals surface area contributed by atoms with Gasteiger partial charge in [-0.2, -0.15) is 0 Å². The Kier molecular flexibility index (Phi) is 3.96. The van der Waals surface area contributed by atoms with E-state index in [4.69, 9.17) is 11.5 Å². The molecular weight excluding hydrogens is 258 g/mol. The molecule has 0 atom stereocenters. The van der Waals surface area contributed by atoms with Gasteiger partial charge in [0.05, 0.1) is 12.2 Å². The van der Waals surface area contributed by atoms with Gasteiger partial charge in [-0.15, -0.1) is 0 Å². The fourth-order valence-corrected chi connectivity index (χ4v) is 1.98. The maximum absolute atomic E-state index is 10.9. The Balaban J connectivity index is 2.96. The summed E-state index contributed by atoms with van der Waals surface area (Å²) >= 11 is 3.40. The monoisotopic (exact) mass is 271 g/mol. The number of benzene rings is 1. The van der Waals surface area contributed by atoms with Crippen molar-refractivity contribution in [1.29, 1.82) is 0 Å². The summed E-state index contributed by atoms with van der Waals surface area (Å²) in [5.74, 6) is -0.347. The molecular formula is C10H14BrN3O. The van der Waals surface area contributed by atoms with E-state index in [0.717, 1.165) is 10.2 Å². The van der Waals surface area contributed by atoms with Crippen molar-refractivity contribution in [2.75, 3.05) is 23.7 Å². The van der Waals surface area contributed by atoms with Crippen LogP contribution in [0, 0.1) is 0 Å². The normalized spacial score (nSPS) is 10.0. The van der Waals surface area contributed by atoms with Crippen LogP contribution in [0.25, 0.3) is 0 Å². The first-order chi connectivity index (χ1) is 7.04. The topological polar surface area (TPSA) is 72.3 Å². The van der Waals surface area contributed by atoms with Crippen LogP contribution in [0.4, 0.5) is 11.4 Å². The molecule has 0 aliphatic heterocycles. The first-order valence-corrected chi connectivity index (χ1v) is 5.42. The quantitative estimate of drug-likeness (QED) is 0.812. The Morgan fingerprint density at radius 2 is 2.20 bits per heavy atom. The van der Waals surface area contributed by atoms with E-state index in [1.807, 2.05) is 17.9 Å². The van der Waals surface area contributed by atoms with Crippen molar-refractivity contribution < 1.29 is 4.79 Å². The molecule has 1 aromatic carbocycles. The van der Waals surface area contributed by atoms with E-state index in [2.05, 4.69) is 15.9 Å². The molecule has 4 nitrogen and oxygen atoms in total. The lowest BCUT2D eigenvalue weighted by Gasteiger charge is -2.22. The maximum Gasteiger partial charge on any atom is 0.236 e. The average Bonchev–Trinajstić information content (AvgIpc) is 2.14. The van der Waals surface area contributed by atoms with E-state index >= 15 is 0 Å². The number of hydrogen-bond donors (Lipinski definition) is 2. The van der Waals surface area contributed by atoms with Gasteiger partial charge in [-0.3, -0.25) is 4.79 Å². The number of halogens is 1. The summed E-state index contributed by atoms with van der Waals surface area (Å²) in [5, 5.41) is 0. The molecule has 0 fully saturated rings. The first kappa shape index (κ1) is 11.8. The van der Waals surface area contributed by atoms with Crippen molar-refractivity contribution in [3.63, 3.8) is 0 Å². The molecule has 1 amide bonds. The van der Waals surface area contributed by atoms with E-state index < -0.39 is 0 Å². The largest absolute Gasteiger partial charge is 0.399 e. The summed E-state index contributed by atoms with van der Waals surface area (Å²) in [5.41, 5.74) is 12.4. The Hall–Kier alpha value is -1.23. The van der Waals surface area contributed by atoms with Crippen molar-refractivity contribution in [3.8, 4) is 0 Å². The summed E-state index contributed by atoms with van der Waals surface area (Å²) in [4.78, 5) is 12.7. The third-order valence-electron chi connectivity index (χ3n) is 2.04. The molecule has 0 spiro atoms. The number of nitrogens with two attached hydrogens (primary N) is 2. The van der Waals surface area contributed by atoms with Crippen LogP contribution in [0.3, 0.4) is 0 Å². The Morgan fingerprint density at radius 1 is 1.53 bits per heavy atom. The number of carbonyl (C=O) groups is 1. The van der Waals surface area contributed by atoms with Crippen molar-refractivity contribution in [1.82, 2.24) is 0 Å². The number of rotatable bonds is 4. The second kappa shape index (κ2) is 5.02. The highest BCUT2D eigenvalue weighted by Crippen LogP contribution is 2.27. The van der Waals surface area contributed by atoms with E-state index in [1.54, 1.807) is 12.1 Å². The fourth-order valence-electron chi connectivity index (χ4n) is 1.34. The molecule has 82 valence electrons. The molecule has 0 saturated heterocycles. The van der Waals surface area contributed by atoms with E-state index in [1.165, 1.54) is 0 Å². The third kappa shape index (κ3) is 3.13. The van der Waals surface area contributed by atoms with Crippen LogP contribution < -0.4 is 16.4 Å². The fraction of sp³-hybridized carbons (Fsp3) is 0.300. The molecule has 0 bridgehead atoms. The number of carbonyl (C=O) groups excluding carboxylic acids is 1. The average molecular weight is 272 g/mol. The minimum absolute atomic E-state index is 0.207. The molecule has 4 N–H and O–H groups in total. The van der Waals surface area contributed by atoms with Crippen molar-refractivity contribution in [2.45, 2.75) is 6.92 Å². The zero-order valence-electron chi connectivity index (χ0n) is 8.53. The van der Waals surface area contributed by atoms with Crippen LogP contribution >= 0.6 is 15.9 Å². The van der Waals surface area contributed by atoms with Crippen LogP contribution in [0.2, 0.25) is 0 Å². The molecule has 1 rings (SSSR count). The number of nitrogen functional groups attached to an aromatic ring is 1. The molecule has 0 heterocycles. The Labute approximate surface area is 97.4 Å². The predicted octanol–water partition coefficient (Wildman–Crippen LogP) is 1.34. The molecule has 5 heteroatoms. The van der Waals surface area contributed by atoms with Crippen molar-refractivity contribution >= 4 is 33.2 Å². The number of amides is 1. The van der Waals surface area contributed by atoms with Crippen LogP contribution in [0.1, 0.15) is 6.92 Å². The molecule has 0 aliphatic carbocycles. The number of primary amides is 1. The van der Waals surface area contributed by atoms with E-state index in [0.29, 0.717) is 12.2 Å². The molecule has 0 saturated carbocycles. The lowest BCUT2D eigenvalue weighted by Crippen LogP contribution is -2.33. The summed E-state index contributed by atoms with van der Waals surface area (Å²) in [6.45, 7) is 2.89. The number of hydrogen-bond acceptors (Lipinski definition) is 3. The van der Waals surface area contributed by atoms with Gasteiger partial charge in [0, 0.05) is 16.7 Å². The number of nitrogens with zero attached hydrogens (tertiary/aromatic N) is 1. The Bertz CT molecular complexity index is 368. The SMILES string of the molecule is CCN(CC(N)=O)c1ccc(N)cc1Br. The standard InChI is InChI=1S/C10H14BrN3O/c1-2-14(6-10(13)15)9-4-3-7(12)5-8(9)11/h3-5H,2,6,12H2,1H3,(H2,13,15). The van der Waals surface area contributed by atoms with E-state index in [-0.39, 0.29) is 12.5 Å². The highest BCUT2D eigenvalue weighted by Gasteiger charge is 2.10. The van der Waals surface area contributed by atoms with Gasteiger partial charge in [0.2, 0.25) is 5.91 Å². The summed E-state index contributed by atoms with van der Waals surface area (Å²) in [6.07, 6.45) is 0. The maximum atomic E-state index is 10.9. The smallest absolute Gasteiger partial charge is 0.236 e. The highest BCUT2D eigenvalue weighted by atomic mass is 79.9. The summed E-state index contributed by atoms with van der Waals surface area (Å²) in [6, 6.07) is 5.47. The minimum Gasteiger partial charge on any atom is -0.399 e.